The van der Waals surface area contributed by atoms with Crippen molar-refractivity contribution < 1.29 is 13.2 Å². The van der Waals surface area contributed by atoms with E-state index in [4.69, 9.17) is 4.74 Å². The normalized spacial score (nSPS) is 22.9. The molecular formula is C15H24N2O3S. The number of nitrogens with zero attached hydrogens (tertiary/aromatic N) is 1. The van der Waals surface area contributed by atoms with Gasteiger partial charge in [0.1, 0.15) is 0 Å². The molecule has 0 spiro atoms. The lowest BCUT2D eigenvalue weighted by Crippen LogP contribution is -2.41. The maximum absolute atomic E-state index is 12.3. The summed E-state index contributed by atoms with van der Waals surface area (Å²) in [5.74, 6) is 0. The van der Waals surface area contributed by atoms with E-state index >= 15 is 0 Å². The molecule has 0 saturated carbocycles. The van der Waals surface area contributed by atoms with Gasteiger partial charge in [0, 0.05) is 31.6 Å². The lowest BCUT2D eigenvalue weighted by molar-refractivity contribution is 0.0390. The molecule has 0 unspecified atom stereocenters. The fourth-order valence-corrected chi connectivity index (χ4v) is 3.26. The highest BCUT2D eigenvalue weighted by Gasteiger charge is 2.19. The quantitative estimate of drug-likeness (QED) is 0.831. The highest BCUT2D eigenvalue weighted by Crippen LogP contribution is 2.23. The zero-order valence-corrected chi connectivity index (χ0v) is 13.5. The number of morpholine rings is 1. The molecular weight excluding hydrogens is 288 g/mol. The van der Waals surface area contributed by atoms with Gasteiger partial charge < -0.3 is 4.74 Å². The van der Waals surface area contributed by atoms with Crippen LogP contribution in [-0.2, 0) is 14.8 Å². The molecule has 0 amide bonds. The van der Waals surface area contributed by atoms with E-state index in [1.165, 1.54) is 0 Å². The molecule has 1 fully saturated rings. The first-order valence-electron chi connectivity index (χ1n) is 7.28. The van der Waals surface area contributed by atoms with Crippen molar-refractivity contribution in [2.24, 2.45) is 5.41 Å². The summed E-state index contributed by atoms with van der Waals surface area (Å²) in [5.41, 5.74) is -0.123. The summed E-state index contributed by atoms with van der Waals surface area (Å²) in [5, 5.41) is 0. The van der Waals surface area contributed by atoms with Crippen LogP contribution < -0.4 is 4.72 Å². The highest BCUT2D eigenvalue weighted by molar-refractivity contribution is 7.93. The summed E-state index contributed by atoms with van der Waals surface area (Å²) in [6.07, 6.45) is 9.01. The summed E-state index contributed by atoms with van der Waals surface area (Å²) in [7, 11) is -3.44. The summed E-state index contributed by atoms with van der Waals surface area (Å²) in [4.78, 5) is 2.51. The second-order valence-corrected chi connectivity index (χ2v) is 7.70. The van der Waals surface area contributed by atoms with Crippen LogP contribution in [-0.4, -0.2) is 52.7 Å². The minimum Gasteiger partial charge on any atom is -0.379 e. The predicted molar refractivity (Wildman–Crippen MR) is 84.3 cm³/mol. The van der Waals surface area contributed by atoms with Crippen LogP contribution in [0.1, 0.15) is 13.8 Å². The fraction of sp³-hybridized carbons (Fsp3) is 0.600. The van der Waals surface area contributed by atoms with Crippen LogP contribution in [0.4, 0.5) is 0 Å². The number of ether oxygens (including phenoxy) is 1. The zero-order chi connectivity index (χ0) is 15.3. The van der Waals surface area contributed by atoms with Gasteiger partial charge in [-0.2, -0.15) is 0 Å². The molecule has 6 heteroatoms. The molecule has 2 aliphatic rings. The first kappa shape index (κ1) is 16.4. The van der Waals surface area contributed by atoms with Crippen LogP contribution >= 0.6 is 0 Å². The second-order valence-electron chi connectivity index (χ2n) is 5.93. The lowest BCUT2D eigenvalue weighted by atomic mass is 9.93. The van der Waals surface area contributed by atoms with Gasteiger partial charge in [0.15, 0.2) is 0 Å². The molecule has 0 bridgehead atoms. The average Bonchev–Trinajstić information content (AvgIpc) is 2.61. The Bertz CT molecular complexity index is 541. The monoisotopic (exact) mass is 312 g/mol. The van der Waals surface area contributed by atoms with Crippen molar-refractivity contribution in [2.45, 2.75) is 13.8 Å². The Morgan fingerprint density at radius 2 is 2.00 bits per heavy atom. The Hall–Kier alpha value is -0.950. The van der Waals surface area contributed by atoms with E-state index in [1.54, 1.807) is 18.2 Å². The van der Waals surface area contributed by atoms with Crippen LogP contribution in [0.15, 0.2) is 35.3 Å². The number of hydrogen-bond donors (Lipinski definition) is 1. The Labute approximate surface area is 127 Å². The predicted octanol–water partition coefficient (Wildman–Crippen LogP) is 1.27. The first-order chi connectivity index (χ1) is 9.89. The molecule has 21 heavy (non-hydrogen) atoms. The van der Waals surface area contributed by atoms with Crippen molar-refractivity contribution in [3.63, 3.8) is 0 Å². The molecule has 0 aromatic rings. The van der Waals surface area contributed by atoms with Crippen LogP contribution in [0.3, 0.4) is 0 Å². The highest BCUT2D eigenvalue weighted by atomic mass is 32.2. The smallest absolute Gasteiger partial charge is 0.240 e. The second kappa shape index (κ2) is 6.87. The molecule has 0 aromatic carbocycles. The van der Waals surface area contributed by atoms with Gasteiger partial charge in [0.05, 0.1) is 18.1 Å². The molecule has 1 N–H and O–H groups in total. The summed E-state index contributed by atoms with van der Waals surface area (Å²) < 4.78 is 32.5. The van der Waals surface area contributed by atoms with Crippen molar-refractivity contribution in [2.75, 3.05) is 39.4 Å². The van der Waals surface area contributed by atoms with Gasteiger partial charge in [0.25, 0.3) is 0 Å². The van der Waals surface area contributed by atoms with E-state index in [0.29, 0.717) is 18.0 Å². The van der Waals surface area contributed by atoms with Crippen LogP contribution in [0.2, 0.25) is 0 Å². The van der Waals surface area contributed by atoms with Gasteiger partial charge >= 0.3 is 0 Å². The summed E-state index contributed by atoms with van der Waals surface area (Å²) in [6, 6.07) is 0. The van der Waals surface area contributed by atoms with Crippen molar-refractivity contribution in [1.29, 1.82) is 0 Å². The number of allylic oxidation sites excluding steroid dienone is 5. The van der Waals surface area contributed by atoms with Gasteiger partial charge in [-0.25, -0.2) is 13.1 Å². The first-order valence-corrected chi connectivity index (χ1v) is 8.76. The molecule has 1 heterocycles. The third kappa shape index (κ3) is 5.07. The van der Waals surface area contributed by atoms with Crippen molar-refractivity contribution in [3.05, 3.63) is 35.3 Å². The molecule has 0 aromatic heterocycles. The van der Waals surface area contributed by atoms with E-state index in [9.17, 15) is 8.42 Å². The minimum atomic E-state index is -3.44. The lowest BCUT2D eigenvalue weighted by Gasteiger charge is -2.26. The van der Waals surface area contributed by atoms with Gasteiger partial charge in [-0.15, -0.1) is 0 Å². The average molecular weight is 312 g/mol. The van der Waals surface area contributed by atoms with Gasteiger partial charge in [-0.1, -0.05) is 32.1 Å². The van der Waals surface area contributed by atoms with Crippen molar-refractivity contribution in [1.82, 2.24) is 9.62 Å². The minimum absolute atomic E-state index is 0.123. The molecule has 2 rings (SSSR count). The SMILES string of the molecule is CC1(C)C=CC=C(S(=O)(=O)NCCN2CCOCC2)C=C1. The summed E-state index contributed by atoms with van der Waals surface area (Å²) >= 11 is 0. The molecule has 1 aliphatic heterocycles. The number of hydrogen-bond acceptors (Lipinski definition) is 4. The number of nitrogens with one attached hydrogen (secondary N) is 1. The standard InChI is InChI=1S/C15H24N2O3S/c1-15(2)6-3-4-14(5-7-15)21(18,19)16-8-9-17-10-12-20-13-11-17/h3-7,16H,8-13H2,1-2H3. The van der Waals surface area contributed by atoms with E-state index in [-0.39, 0.29) is 5.41 Å². The Morgan fingerprint density at radius 3 is 2.71 bits per heavy atom. The van der Waals surface area contributed by atoms with E-state index in [0.717, 1.165) is 26.3 Å². The third-order valence-corrected chi connectivity index (χ3v) is 5.07. The maximum Gasteiger partial charge on any atom is 0.240 e. The molecule has 0 radical (unpaired) electrons. The molecule has 118 valence electrons. The summed E-state index contributed by atoms with van der Waals surface area (Å²) in [6.45, 7) is 8.37. The number of sulfonamides is 1. The van der Waals surface area contributed by atoms with Crippen LogP contribution in [0, 0.1) is 5.41 Å². The van der Waals surface area contributed by atoms with E-state index in [1.807, 2.05) is 26.0 Å². The zero-order valence-electron chi connectivity index (χ0n) is 12.7. The largest absolute Gasteiger partial charge is 0.379 e. The van der Waals surface area contributed by atoms with Crippen molar-refractivity contribution in [3.8, 4) is 0 Å². The van der Waals surface area contributed by atoms with Crippen molar-refractivity contribution >= 4 is 10.0 Å². The third-order valence-electron chi connectivity index (χ3n) is 3.60. The Kier molecular flexibility index (Phi) is 5.37. The Balaban J connectivity index is 1.90. The molecule has 1 saturated heterocycles. The number of rotatable bonds is 5. The fourth-order valence-electron chi connectivity index (χ4n) is 2.22. The van der Waals surface area contributed by atoms with Gasteiger partial charge in [0.2, 0.25) is 10.0 Å². The van der Waals surface area contributed by atoms with Gasteiger partial charge in [-0.05, 0) is 12.2 Å². The van der Waals surface area contributed by atoms with Crippen LogP contribution in [0.5, 0.6) is 0 Å². The molecule has 5 nitrogen and oxygen atoms in total. The molecule has 0 atom stereocenters. The maximum atomic E-state index is 12.3. The Morgan fingerprint density at radius 1 is 1.29 bits per heavy atom. The van der Waals surface area contributed by atoms with Gasteiger partial charge in [-0.3, -0.25) is 4.90 Å². The topological polar surface area (TPSA) is 58.6 Å². The van der Waals surface area contributed by atoms with E-state index in [2.05, 4.69) is 9.62 Å². The van der Waals surface area contributed by atoms with E-state index < -0.39 is 10.0 Å². The molecule has 1 aliphatic carbocycles. The van der Waals surface area contributed by atoms with Crippen LogP contribution in [0.25, 0.3) is 0 Å².